The SMILES string of the molecule is Cc1cccc(-n2c(C)cc(C(=O)N3CCNC(=O)C3)c2C)c1. The van der Waals surface area contributed by atoms with E-state index in [1.165, 1.54) is 5.56 Å². The van der Waals surface area contributed by atoms with Crippen molar-refractivity contribution < 1.29 is 9.59 Å². The molecule has 2 amide bonds. The summed E-state index contributed by atoms with van der Waals surface area (Å²) in [5, 5.41) is 2.74. The third-order valence-corrected chi connectivity index (χ3v) is 4.25. The fourth-order valence-electron chi connectivity index (χ4n) is 3.13. The molecule has 1 aromatic heterocycles. The number of amides is 2. The molecule has 0 unspecified atom stereocenters. The molecule has 0 spiro atoms. The van der Waals surface area contributed by atoms with Gasteiger partial charge in [0.05, 0.1) is 12.1 Å². The number of carbonyl (C=O) groups excluding carboxylic acids is 2. The number of aromatic nitrogens is 1. The molecule has 5 heteroatoms. The van der Waals surface area contributed by atoms with E-state index in [4.69, 9.17) is 0 Å². The fraction of sp³-hybridized carbons (Fsp3) is 0.333. The Morgan fingerprint density at radius 2 is 1.96 bits per heavy atom. The summed E-state index contributed by atoms with van der Waals surface area (Å²) in [6, 6.07) is 10.1. The van der Waals surface area contributed by atoms with Crippen LogP contribution in [0.3, 0.4) is 0 Å². The van der Waals surface area contributed by atoms with Crippen molar-refractivity contribution in [2.75, 3.05) is 19.6 Å². The zero-order chi connectivity index (χ0) is 16.6. The second kappa shape index (κ2) is 5.91. The Morgan fingerprint density at radius 1 is 1.17 bits per heavy atom. The minimum atomic E-state index is -0.0999. The van der Waals surface area contributed by atoms with E-state index in [0.29, 0.717) is 18.7 Å². The predicted octanol–water partition coefficient (Wildman–Crippen LogP) is 1.97. The number of piperazine rings is 1. The maximum atomic E-state index is 12.8. The number of hydrogen-bond acceptors (Lipinski definition) is 2. The Labute approximate surface area is 135 Å². The van der Waals surface area contributed by atoms with Crippen molar-refractivity contribution in [1.29, 1.82) is 0 Å². The van der Waals surface area contributed by atoms with E-state index in [0.717, 1.165) is 17.1 Å². The number of rotatable bonds is 2. The van der Waals surface area contributed by atoms with E-state index in [2.05, 4.69) is 28.9 Å². The van der Waals surface area contributed by atoms with Gasteiger partial charge in [-0.2, -0.15) is 0 Å². The summed E-state index contributed by atoms with van der Waals surface area (Å²) in [5.74, 6) is -0.177. The van der Waals surface area contributed by atoms with Gasteiger partial charge in [-0.3, -0.25) is 9.59 Å². The van der Waals surface area contributed by atoms with Crippen molar-refractivity contribution in [1.82, 2.24) is 14.8 Å². The minimum absolute atomic E-state index is 0.0770. The zero-order valence-electron chi connectivity index (χ0n) is 13.7. The van der Waals surface area contributed by atoms with Crippen molar-refractivity contribution in [3.05, 3.63) is 52.8 Å². The van der Waals surface area contributed by atoms with Crippen LogP contribution in [0.1, 0.15) is 27.3 Å². The van der Waals surface area contributed by atoms with Gasteiger partial charge in [0.2, 0.25) is 5.91 Å². The van der Waals surface area contributed by atoms with E-state index in [9.17, 15) is 9.59 Å². The summed E-state index contributed by atoms with van der Waals surface area (Å²) in [5.41, 5.74) is 4.81. The highest BCUT2D eigenvalue weighted by molar-refractivity contribution is 5.98. The lowest BCUT2D eigenvalue weighted by Gasteiger charge is -2.26. The Balaban J connectivity index is 1.97. The molecule has 0 radical (unpaired) electrons. The van der Waals surface area contributed by atoms with Crippen LogP contribution >= 0.6 is 0 Å². The minimum Gasteiger partial charge on any atom is -0.353 e. The van der Waals surface area contributed by atoms with Crippen LogP contribution in [-0.4, -0.2) is 40.9 Å². The molecule has 0 saturated carbocycles. The standard InChI is InChI=1S/C18H21N3O2/c1-12-5-4-6-15(9-12)21-13(2)10-16(14(21)3)18(23)20-8-7-19-17(22)11-20/h4-6,9-10H,7-8,11H2,1-3H3,(H,19,22). The summed E-state index contributed by atoms with van der Waals surface area (Å²) >= 11 is 0. The van der Waals surface area contributed by atoms with E-state index < -0.39 is 0 Å². The van der Waals surface area contributed by atoms with Crippen LogP contribution in [0.4, 0.5) is 0 Å². The highest BCUT2D eigenvalue weighted by Gasteiger charge is 2.25. The second-order valence-corrected chi connectivity index (χ2v) is 6.04. The van der Waals surface area contributed by atoms with Gasteiger partial charge in [0.1, 0.15) is 0 Å². The van der Waals surface area contributed by atoms with Crippen molar-refractivity contribution in [2.45, 2.75) is 20.8 Å². The molecule has 2 aromatic rings. The molecule has 0 atom stereocenters. The molecule has 1 aromatic carbocycles. The van der Waals surface area contributed by atoms with Gasteiger partial charge in [0.15, 0.2) is 0 Å². The third-order valence-electron chi connectivity index (χ3n) is 4.25. The fourth-order valence-corrected chi connectivity index (χ4v) is 3.13. The van der Waals surface area contributed by atoms with Crippen molar-refractivity contribution in [2.24, 2.45) is 0 Å². The lowest BCUT2D eigenvalue weighted by Crippen LogP contribution is -2.50. The smallest absolute Gasteiger partial charge is 0.256 e. The Kier molecular flexibility index (Phi) is 3.94. The summed E-state index contributed by atoms with van der Waals surface area (Å²) in [6.07, 6.45) is 0. The summed E-state index contributed by atoms with van der Waals surface area (Å²) in [4.78, 5) is 25.9. The molecule has 3 rings (SSSR count). The van der Waals surface area contributed by atoms with Crippen LogP contribution in [0.5, 0.6) is 0 Å². The second-order valence-electron chi connectivity index (χ2n) is 6.04. The van der Waals surface area contributed by atoms with E-state index in [1.807, 2.05) is 32.0 Å². The maximum absolute atomic E-state index is 12.8. The molecule has 120 valence electrons. The first-order chi connectivity index (χ1) is 11.0. The van der Waals surface area contributed by atoms with Gasteiger partial charge in [-0.1, -0.05) is 12.1 Å². The van der Waals surface area contributed by atoms with E-state index in [1.54, 1.807) is 4.90 Å². The Hall–Kier alpha value is -2.56. The van der Waals surface area contributed by atoms with E-state index in [-0.39, 0.29) is 18.4 Å². The van der Waals surface area contributed by atoms with Crippen LogP contribution in [0.25, 0.3) is 5.69 Å². The number of hydrogen-bond donors (Lipinski definition) is 1. The first-order valence-corrected chi connectivity index (χ1v) is 7.79. The van der Waals surface area contributed by atoms with Crippen molar-refractivity contribution in [3.63, 3.8) is 0 Å². The van der Waals surface area contributed by atoms with Gasteiger partial charge in [0.25, 0.3) is 5.91 Å². The van der Waals surface area contributed by atoms with Crippen LogP contribution in [0.2, 0.25) is 0 Å². The molecule has 1 fully saturated rings. The number of carbonyl (C=O) groups is 2. The van der Waals surface area contributed by atoms with Gasteiger partial charge in [0, 0.05) is 30.2 Å². The molecular weight excluding hydrogens is 290 g/mol. The average Bonchev–Trinajstić information content (AvgIpc) is 2.81. The molecule has 1 aliphatic rings. The number of nitrogens with one attached hydrogen (secondary N) is 1. The lowest BCUT2D eigenvalue weighted by molar-refractivity contribution is -0.123. The third kappa shape index (κ3) is 2.86. The molecule has 1 saturated heterocycles. The molecule has 2 heterocycles. The predicted molar refractivity (Wildman–Crippen MR) is 88.9 cm³/mol. The molecule has 23 heavy (non-hydrogen) atoms. The number of benzene rings is 1. The summed E-state index contributed by atoms with van der Waals surface area (Å²) in [6.45, 7) is 7.20. The monoisotopic (exact) mass is 311 g/mol. The lowest BCUT2D eigenvalue weighted by atomic mass is 10.2. The van der Waals surface area contributed by atoms with E-state index >= 15 is 0 Å². The van der Waals surface area contributed by atoms with Crippen LogP contribution < -0.4 is 5.32 Å². The Morgan fingerprint density at radius 3 is 2.65 bits per heavy atom. The largest absolute Gasteiger partial charge is 0.353 e. The maximum Gasteiger partial charge on any atom is 0.256 e. The van der Waals surface area contributed by atoms with Crippen molar-refractivity contribution in [3.8, 4) is 5.69 Å². The van der Waals surface area contributed by atoms with Gasteiger partial charge in [-0.25, -0.2) is 0 Å². The molecule has 5 nitrogen and oxygen atoms in total. The summed E-state index contributed by atoms with van der Waals surface area (Å²) < 4.78 is 2.09. The summed E-state index contributed by atoms with van der Waals surface area (Å²) in [7, 11) is 0. The van der Waals surface area contributed by atoms with Gasteiger partial charge in [-0.15, -0.1) is 0 Å². The topological polar surface area (TPSA) is 54.3 Å². The number of nitrogens with zero attached hydrogens (tertiary/aromatic N) is 2. The van der Waals surface area contributed by atoms with Crippen LogP contribution in [0, 0.1) is 20.8 Å². The first-order valence-electron chi connectivity index (χ1n) is 7.79. The highest BCUT2D eigenvalue weighted by Crippen LogP contribution is 2.23. The highest BCUT2D eigenvalue weighted by atomic mass is 16.2. The van der Waals surface area contributed by atoms with Gasteiger partial charge in [-0.05, 0) is 44.5 Å². The normalized spacial score (nSPS) is 14.7. The first kappa shape index (κ1) is 15.3. The average molecular weight is 311 g/mol. The van der Waals surface area contributed by atoms with Crippen LogP contribution in [0.15, 0.2) is 30.3 Å². The molecule has 0 aliphatic carbocycles. The Bertz CT molecular complexity index is 777. The van der Waals surface area contributed by atoms with Crippen molar-refractivity contribution >= 4 is 11.8 Å². The van der Waals surface area contributed by atoms with Gasteiger partial charge < -0.3 is 14.8 Å². The quantitative estimate of drug-likeness (QED) is 0.922. The van der Waals surface area contributed by atoms with Gasteiger partial charge >= 0.3 is 0 Å². The molecule has 1 N–H and O–H groups in total. The molecule has 1 aliphatic heterocycles. The van der Waals surface area contributed by atoms with Crippen LogP contribution in [-0.2, 0) is 4.79 Å². The zero-order valence-corrected chi connectivity index (χ0v) is 13.7. The molecular formula is C18H21N3O2. The number of aryl methyl sites for hydroxylation is 2. The molecule has 0 bridgehead atoms.